The van der Waals surface area contributed by atoms with E-state index in [1.165, 1.54) is 5.56 Å². The van der Waals surface area contributed by atoms with Crippen molar-refractivity contribution in [1.82, 2.24) is 4.98 Å². The molecule has 1 aromatic heterocycles. The molecule has 1 heterocycles. The second-order valence-electron chi connectivity index (χ2n) is 7.95. The molecule has 1 aliphatic rings. The topological polar surface area (TPSA) is 91.0 Å². The van der Waals surface area contributed by atoms with Crippen LogP contribution in [0.3, 0.4) is 0 Å². The number of carboxylic acid groups (broad SMARTS) is 1. The summed E-state index contributed by atoms with van der Waals surface area (Å²) in [6.07, 6.45) is 3.44. The van der Waals surface area contributed by atoms with Gasteiger partial charge in [-0.1, -0.05) is 24.6 Å². The maximum atomic E-state index is 11.2. The minimum Gasteiger partial charge on any atom is -0.479 e. The summed E-state index contributed by atoms with van der Waals surface area (Å²) in [4.78, 5) is 15.9. The summed E-state index contributed by atoms with van der Waals surface area (Å²) in [6.45, 7) is 6.68. The van der Waals surface area contributed by atoms with Gasteiger partial charge in [0.05, 0.1) is 25.4 Å². The Labute approximate surface area is 183 Å². The average molecular weight is 432 g/mol. The van der Waals surface area contributed by atoms with E-state index in [0.29, 0.717) is 19.1 Å². The maximum absolute atomic E-state index is 11.2. The van der Waals surface area contributed by atoms with Crippen molar-refractivity contribution >= 4 is 5.97 Å². The van der Waals surface area contributed by atoms with Crippen LogP contribution in [0.4, 0.5) is 0 Å². The molecule has 0 aliphatic heterocycles. The van der Waals surface area contributed by atoms with E-state index in [2.05, 4.69) is 11.9 Å². The number of oxazole rings is 1. The van der Waals surface area contributed by atoms with Crippen LogP contribution in [0.25, 0.3) is 11.5 Å². The summed E-state index contributed by atoms with van der Waals surface area (Å²) in [5.74, 6) is 0.476. The Morgan fingerprint density at radius 1 is 1.19 bits per heavy atom. The van der Waals surface area contributed by atoms with E-state index >= 15 is 0 Å². The highest BCUT2D eigenvalue weighted by Crippen LogP contribution is 2.27. The van der Waals surface area contributed by atoms with Crippen molar-refractivity contribution in [2.24, 2.45) is 0 Å². The molecule has 170 valence electrons. The Balaban J connectivity index is 1.54. The second kappa shape index (κ2) is 11.4. The monoisotopic (exact) mass is 431 g/mol. The molecule has 31 heavy (non-hydrogen) atoms. The van der Waals surface area contributed by atoms with E-state index in [9.17, 15) is 9.90 Å². The molecule has 2 aromatic rings. The number of aryl methyl sites for hydroxylation is 2. The molecular formula is C24H33NO6. The Bertz CT molecular complexity index is 831. The Morgan fingerprint density at radius 2 is 1.90 bits per heavy atom. The number of hydrogen-bond acceptors (Lipinski definition) is 6. The van der Waals surface area contributed by atoms with Crippen LogP contribution in [-0.4, -0.2) is 47.6 Å². The number of nitrogens with zero attached hydrogens (tertiary/aromatic N) is 1. The zero-order valence-corrected chi connectivity index (χ0v) is 18.6. The van der Waals surface area contributed by atoms with Gasteiger partial charge < -0.3 is 23.7 Å². The number of carboxylic acids is 1. The fraction of sp³-hybridized carbons (Fsp3) is 0.583. The van der Waals surface area contributed by atoms with Crippen LogP contribution in [0.1, 0.15) is 56.5 Å². The second-order valence-corrected chi connectivity index (χ2v) is 7.95. The minimum absolute atomic E-state index is 0.0212. The van der Waals surface area contributed by atoms with Crippen molar-refractivity contribution in [2.45, 2.75) is 77.8 Å². The lowest BCUT2D eigenvalue weighted by atomic mass is 9.95. The SMILES string of the molecule is CCOC(CO[C@@H]1CCC[C@H](OCc2nc(-c3ccc(C)cc3)oc2CC)C1)C(=O)O. The van der Waals surface area contributed by atoms with Crippen molar-refractivity contribution in [1.29, 1.82) is 0 Å². The lowest BCUT2D eigenvalue weighted by molar-refractivity contribution is -0.157. The molecule has 1 N–H and O–H groups in total. The van der Waals surface area contributed by atoms with E-state index in [-0.39, 0.29) is 18.8 Å². The van der Waals surface area contributed by atoms with E-state index in [0.717, 1.165) is 49.1 Å². The van der Waals surface area contributed by atoms with Crippen molar-refractivity contribution in [3.05, 3.63) is 41.3 Å². The fourth-order valence-corrected chi connectivity index (χ4v) is 3.81. The highest BCUT2D eigenvalue weighted by atomic mass is 16.6. The van der Waals surface area contributed by atoms with E-state index in [4.69, 9.17) is 18.6 Å². The third-order valence-corrected chi connectivity index (χ3v) is 5.56. The third-order valence-electron chi connectivity index (χ3n) is 5.56. The number of aliphatic carboxylic acids is 1. The van der Waals surface area contributed by atoms with Crippen molar-refractivity contribution in [2.75, 3.05) is 13.2 Å². The van der Waals surface area contributed by atoms with Gasteiger partial charge in [-0.3, -0.25) is 0 Å². The Hall–Kier alpha value is -2.22. The van der Waals surface area contributed by atoms with E-state index < -0.39 is 12.1 Å². The van der Waals surface area contributed by atoms with Crippen LogP contribution < -0.4 is 0 Å². The molecule has 7 nitrogen and oxygen atoms in total. The van der Waals surface area contributed by atoms with Gasteiger partial charge in [-0.15, -0.1) is 0 Å². The molecule has 3 atom stereocenters. The Morgan fingerprint density at radius 3 is 2.55 bits per heavy atom. The number of aromatic nitrogens is 1. The molecule has 1 aliphatic carbocycles. The fourth-order valence-electron chi connectivity index (χ4n) is 3.81. The molecule has 3 rings (SSSR count). The van der Waals surface area contributed by atoms with Gasteiger partial charge in [-0.05, 0) is 51.7 Å². The lowest BCUT2D eigenvalue weighted by Gasteiger charge is -2.29. The van der Waals surface area contributed by atoms with Crippen molar-refractivity contribution in [3.8, 4) is 11.5 Å². The number of ether oxygens (including phenoxy) is 3. The number of benzene rings is 1. The predicted molar refractivity (Wildman–Crippen MR) is 116 cm³/mol. The largest absolute Gasteiger partial charge is 0.479 e. The first kappa shape index (κ1) is 23.4. The third kappa shape index (κ3) is 6.63. The summed E-state index contributed by atoms with van der Waals surface area (Å²) in [5.41, 5.74) is 2.99. The molecule has 1 fully saturated rings. The highest BCUT2D eigenvalue weighted by molar-refractivity contribution is 5.72. The van der Waals surface area contributed by atoms with Crippen molar-refractivity contribution in [3.63, 3.8) is 0 Å². The molecule has 0 spiro atoms. The zero-order chi connectivity index (χ0) is 22.2. The van der Waals surface area contributed by atoms with Gasteiger partial charge in [0.15, 0.2) is 6.10 Å². The Kier molecular flexibility index (Phi) is 8.63. The van der Waals surface area contributed by atoms with Gasteiger partial charge >= 0.3 is 5.97 Å². The summed E-state index contributed by atoms with van der Waals surface area (Å²) in [5, 5.41) is 9.20. The molecule has 1 unspecified atom stereocenters. The first-order valence-electron chi connectivity index (χ1n) is 11.1. The molecule has 0 saturated heterocycles. The summed E-state index contributed by atoms with van der Waals surface area (Å²) < 4.78 is 23.2. The van der Waals surface area contributed by atoms with Crippen LogP contribution in [0.2, 0.25) is 0 Å². The molecular weight excluding hydrogens is 398 g/mol. The molecule has 0 amide bonds. The highest BCUT2D eigenvalue weighted by Gasteiger charge is 2.26. The number of hydrogen-bond donors (Lipinski definition) is 1. The summed E-state index contributed by atoms with van der Waals surface area (Å²) >= 11 is 0. The van der Waals surface area contributed by atoms with Gasteiger partial charge in [-0.2, -0.15) is 0 Å². The quantitative estimate of drug-likeness (QED) is 0.558. The average Bonchev–Trinajstić information content (AvgIpc) is 3.19. The van der Waals surface area contributed by atoms with E-state index in [1.54, 1.807) is 6.92 Å². The van der Waals surface area contributed by atoms with Crippen molar-refractivity contribution < 1.29 is 28.5 Å². The van der Waals surface area contributed by atoms with Gasteiger partial charge in [-0.25, -0.2) is 9.78 Å². The molecule has 1 saturated carbocycles. The molecule has 7 heteroatoms. The lowest BCUT2D eigenvalue weighted by Crippen LogP contribution is -2.34. The smallest absolute Gasteiger partial charge is 0.335 e. The first-order chi connectivity index (χ1) is 15.0. The van der Waals surface area contributed by atoms with Crippen LogP contribution in [0.5, 0.6) is 0 Å². The normalized spacial score (nSPS) is 20.0. The summed E-state index contributed by atoms with van der Waals surface area (Å²) in [6, 6.07) is 8.12. The maximum Gasteiger partial charge on any atom is 0.335 e. The van der Waals surface area contributed by atoms with Gasteiger partial charge in [0.1, 0.15) is 11.5 Å². The molecule has 0 radical (unpaired) electrons. The number of rotatable bonds is 11. The predicted octanol–water partition coefficient (Wildman–Crippen LogP) is 4.55. The van der Waals surface area contributed by atoms with E-state index in [1.807, 2.05) is 31.2 Å². The van der Waals surface area contributed by atoms with Crippen LogP contribution in [0.15, 0.2) is 28.7 Å². The number of carbonyl (C=O) groups is 1. The van der Waals surface area contributed by atoms with Crippen LogP contribution in [-0.2, 0) is 32.0 Å². The van der Waals surface area contributed by atoms with Gasteiger partial charge in [0.25, 0.3) is 0 Å². The standard InChI is InChI=1S/C24H33NO6/c1-4-21-20(25-23(31-21)17-11-9-16(3)10-12-17)14-29-18-7-6-8-19(13-18)30-15-22(24(26)27)28-5-2/h9-12,18-19,22H,4-8,13-15H2,1-3H3,(H,26,27)/t18-,19+,22?/m0/s1. The van der Waals surface area contributed by atoms with Gasteiger partial charge in [0, 0.05) is 18.6 Å². The molecule has 1 aromatic carbocycles. The van der Waals surface area contributed by atoms with Gasteiger partial charge in [0.2, 0.25) is 5.89 Å². The van der Waals surface area contributed by atoms with Crippen LogP contribution in [0, 0.1) is 6.92 Å². The first-order valence-corrected chi connectivity index (χ1v) is 11.1. The molecule has 0 bridgehead atoms. The van der Waals surface area contributed by atoms with Crippen LogP contribution >= 0.6 is 0 Å². The zero-order valence-electron chi connectivity index (χ0n) is 18.6. The summed E-state index contributed by atoms with van der Waals surface area (Å²) in [7, 11) is 0. The minimum atomic E-state index is -0.993.